The van der Waals surface area contributed by atoms with Crippen LogP contribution in [0.25, 0.3) is 0 Å². The Morgan fingerprint density at radius 2 is 2.07 bits per heavy atom. The molecule has 1 atom stereocenters. The van der Waals surface area contributed by atoms with Crippen LogP contribution in [-0.2, 0) is 16.8 Å². The molecule has 1 aliphatic carbocycles. The Morgan fingerprint density at radius 1 is 1.13 bits per heavy atom. The summed E-state index contributed by atoms with van der Waals surface area (Å²) in [7, 11) is 0. The highest BCUT2D eigenvalue weighted by atomic mass is 16.5. The molecule has 0 aromatic heterocycles. The van der Waals surface area contributed by atoms with Crippen molar-refractivity contribution in [3.8, 4) is 0 Å². The molecule has 0 fully saturated rings. The van der Waals surface area contributed by atoms with Crippen molar-refractivity contribution >= 4 is 0 Å². The fourth-order valence-electron chi connectivity index (χ4n) is 2.85. The van der Waals surface area contributed by atoms with Gasteiger partial charge < -0.3 is 4.74 Å². The zero-order chi connectivity index (χ0) is 10.1. The average Bonchev–Trinajstić information content (AvgIpc) is 2.31. The number of rotatable bonds is 0. The second-order valence-electron chi connectivity index (χ2n) is 4.49. The minimum Gasteiger partial charge on any atom is -0.366 e. The van der Waals surface area contributed by atoms with E-state index >= 15 is 0 Å². The van der Waals surface area contributed by atoms with Crippen molar-refractivity contribution in [2.45, 2.75) is 31.3 Å². The van der Waals surface area contributed by atoms with Gasteiger partial charge in [-0.2, -0.15) is 0 Å². The summed E-state index contributed by atoms with van der Waals surface area (Å²) in [5.74, 6) is 0. The molecule has 1 spiro atoms. The van der Waals surface area contributed by atoms with Crippen LogP contribution in [0, 0.1) is 0 Å². The molecule has 0 saturated carbocycles. The third-order valence-corrected chi connectivity index (χ3v) is 3.61. The van der Waals surface area contributed by atoms with Crippen molar-refractivity contribution in [1.29, 1.82) is 0 Å². The van der Waals surface area contributed by atoms with Gasteiger partial charge in [-0.1, -0.05) is 36.4 Å². The molecule has 15 heavy (non-hydrogen) atoms. The van der Waals surface area contributed by atoms with Gasteiger partial charge in [0.2, 0.25) is 0 Å². The van der Waals surface area contributed by atoms with Crippen LogP contribution in [0.4, 0.5) is 0 Å². The number of benzene rings is 1. The van der Waals surface area contributed by atoms with Crippen LogP contribution in [0.2, 0.25) is 0 Å². The van der Waals surface area contributed by atoms with Crippen LogP contribution >= 0.6 is 0 Å². The van der Waals surface area contributed by atoms with Gasteiger partial charge in [-0.15, -0.1) is 0 Å². The van der Waals surface area contributed by atoms with Crippen LogP contribution in [0.5, 0.6) is 0 Å². The predicted molar refractivity (Wildman–Crippen MR) is 60.8 cm³/mol. The smallest absolute Gasteiger partial charge is 0.0972 e. The van der Waals surface area contributed by atoms with E-state index in [0.29, 0.717) is 0 Å². The molecule has 1 heteroatoms. The second-order valence-corrected chi connectivity index (χ2v) is 4.49. The van der Waals surface area contributed by atoms with Gasteiger partial charge in [0.25, 0.3) is 0 Å². The van der Waals surface area contributed by atoms with Crippen molar-refractivity contribution in [2.75, 3.05) is 6.61 Å². The first-order chi connectivity index (χ1) is 7.41. The normalized spacial score (nSPS) is 29.1. The molecule has 3 rings (SSSR count). The van der Waals surface area contributed by atoms with Gasteiger partial charge in [-0.3, -0.25) is 0 Å². The van der Waals surface area contributed by atoms with Crippen LogP contribution in [0.1, 0.15) is 30.4 Å². The molecule has 0 saturated heterocycles. The molecule has 1 aliphatic heterocycles. The van der Waals surface area contributed by atoms with Gasteiger partial charge in [0.15, 0.2) is 0 Å². The van der Waals surface area contributed by atoms with Gasteiger partial charge in [-0.25, -0.2) is 0 Å². The summed E-state index contributed by atoms with van der Waals surface area (Å²) in [6, 6.07) is 8.76. The SMILES string of the molecule is C1=CCC2(CCCc3ccccc32)OC1. The summed E-state index contributed by atoms with van der Waals surface area (Å²) < 4.78 is 6.05. The number of hydrogen-bond acceptors (Lipinski definition) is 1. The second kappa shape index (κ2) is 3.49. The van der Waals surface area contributed by atoms with Gasteiger partial charge in [0, 0.05) is 0 Å². The van der Waals surface area contributed by atoms with Crippen LogP contribution in [-0.4, -0.2) is 6.61 Å². The first-order valence-electron chi connectivity index (χ1n) is 5.78. The van der Waals surface area contributed by atoms with Crippen LogP contribution in [0.3, 0.4) is 0 Å². The van der Waals surface area contributed by atoms with E-state index in [1.165, 1.54) is 30.4 Å². The lowest BCUT2D eigenvalue weighted by Gasteiger charge is -2.40. The van der Waals surface area contributed by atoms with Gasteiger partial charge in [0.05, 0.1) is 12.2 Å². The van der Waals surface area contributed by atoms with E-state index in [0.717, 1.165) is 13.0 Å². The summed E-state index contributed by atoms with van der Waals surface area (Å²) in [4.78, 5) is 0. The molecule has 0 N–H and O–H groups in total. The third kappa shape index (κ3) is 1.42. The highest BCUT2D eigenvalue weighted by Crippen LogP contribution is 2.42. The Morgan fingerprint density at radius 3 is 2.93 bits per heavy atom. The first kappa shape index (κ1) is 9.17. The lowest BCUT2D eigenvalue weighted by atomic mass is 9.76. The highest BCUT2D eigenvalue weighted by Gasteiger charge is 2.37. The van der Waals surface area contributed by atoms with Crippen molar-refractivity contribution in [3.05, 3.63) is 47.5 Å². The summed E-state index contributed by atoms with van der Waals surface area (Å²) >= 11 is 0. The average molecular weight is 200 g/mol. The Bertz CT molecular complexity index is 394. The molecule has 0 bridgehead atoms. The molecule has 1 nitrogen and oxygen atoms in total. The van der Waals surface area contributed by atoms with E-state index in [2.05, 4.69) is 36.4 Å². The fraction of sp³-hybridized carbons (Fsp3) is 0.429. The molecule has 1 unspecified atom stereocenters. The standard InChI is InChI=1S/C14H16O/c1-2-8-13-12(6-1)7-5-10-14(13)9-3-4-11-15-14/h1-4,6,8H,5,7,9-11H2. The largest absolute Gasteiger partial charge is 0.366 e. The molecule has 0 radical (unpaired) electrons. The Labute approximate surface area is 90.8 Å². The molecule has 78 valence electrons. The predicted octanol–water partition coefficient (Wildman–Crippen LogP) is 3.19. The molecule has 2 aliphatic rings. The number of aryl methyl sites for hydroxylation is 1. The molecule has 0 amide bonds. The number of hydrogen-bond donors (Lipinski definition) is 0. The monoisotopic (exact) mass is 200 g/mol. The van der Waals surface area contributed by atoms with E-state index in [1.54, 1.807) is 0 Å². The molecule has 1 aromatic carbocycles. The summed E-state index contributed by atoms with van der Waals surface area (Å²) in [6.07, 6.45) is 9.09. The Kier molecular flexibility index (Phi) is 2.14. The summed E-state index contributed by atoms with van der Waals surface area (Å²) in [6.45, 7) is 0.772. The molecular weight excluding hydrogens is 184 g/mol. The lowest BCUT2D eigenvalue weighted by molar-refractivity contribution is -0.0541. The quantitative estimate of drug-likeness (QED) is 0.584. The molecule has 1 heterocycles. The number of ether oxygens (including phenoxy) is 1. The highest BCUT2D eigenvalue weighted by molar-refractivity contribution is 5.36. The third-order valence-electron chi connectivity index (χ3n) is 3.61. The van der Waals surface area contributed by atoms with Gasteiger partial charge in [-0.05, 0) is 36.8 Å². The van der Waals surface area contributed by atoms with E-state index in [4.69, 9.17) is 4.74 Å². The number of fused-ring (bicyclic) bond motifs is 2. The van der Waals surface area contributed by atoms with Gasteiger partial charge >= 0.3 is 0 Å². The van der Waals surface area contributed by atoms with E-state index in [-0.39, 0.29) is 5.60 Å². The maximum atomic E-state index is 6.05. The minimum atomic E-state index is 0.00356. The van der Waals surface area contributed by atoms with Crippen molar-refractivity contribution in [3.63, 3.8) is 0 Å². The van der Waals surface area contributed by atoms with E-state index in [1.807, 2.05) is 0 Å². The van der Waals surface area contributed by atoms with E-state index in [9.17, 15) is 0 Å². The molecular formula is C14H16O. The minimum absolute atomic E-state index is 0.00356. The Hall–Kier alpha value is -1.08. The topological polar surface area (TPSA) is 9.23 Å². The summed E-state index contributed by atoms with van der Waals surface area (Å²) in [5, 5.41) is 0. The molecule has 1 aromatic rings. The fourth-order valence-corrected chi connectivity index (χ4v) is 2.85. The van der Waals surface area contributed by atoms with Crippen molar-refractivity contribution in [2.24, 2.45) is 0 Å². The van der Waals surface area contributed by atoms with Crippen molar-refractivity contribution in [1.82, 2.24) is 0 Å². The zero-order valence-corrected chi connectivity index (χ0v) is 8.91. The maximum absolute atomic E-state index is 6.05. The van der Waals surface area contributed by atoms with Crippen molar-refractivity contribution < 1.29 is 4.74 Å². The van der Waals surface area contributed by atoms with Gasteiger partial charge in [0.1, 0.15) is 0 Å². The van der Waals surface area contributed by atoms with Crippen LogP contribution < -0.4 is 0 Å². The maximum Gasteiger partial charge on any atom is 0.0972 e. The van der Waals surface area contributed by atoms with Crippen LogP contribution in [0.15, 0.2) is 36.4 Å². The first-order valence-corrected chi connectivity index (χ1v) is 5.78. The summed E-state index contributed by atoms with van der Waals surface area (Å²) in [5.41, 5.74) is 2.92. The Balaban J connectivity index is 2.08. The zero-order valence-electron chi connectivity index (χ0n) is 8.91. The lowest BCUT2D eigenvalue weighted by Crippen LogP contribution is -2.35. The van der Waals surface area contributed by atoms with E-state index < -0.39 is 0 Å².